The number of hydrogen-bond acceptors (Lipinski definition) is 2. The summed E-state index contributed by atoms with van der Waals surface area (Å²) in [6, 6.07) is 0.420. The van der Waals surface area contributed by atoms with Crippen LogP contribution in [0.2, 0.25) is 0 Å². The van der Waals surface area contributed by atoms with Crippen LogP contribution < -0.4 is 5.32 Å². The maximum atomic E-state index is 11.2. The molecule has 64 valence electrons. The van der Waals surface area contributed by atoms with Crippen molar-refractivity contribution >= 4 is 5.91 Å². The largest absolute Gasteiger partial charge is 0.346 e. The maximum Gasteiger partial charge on any atom is 0.223 e. The Morgan fingerprint density at radius 3 is 3.00 bits per heavy atom. The van der Waals surface area contributed by atoms with Crippen molar-refractivity contribution in [2.45, 2.75) is 25.8 Å². The van der Waals surface area contributed by atoms with Crippen molar-refractivity contribution in [2.24, 2.45) is 0 Å². The van der Waals surface area contributed by atoms with E-state index in [4.69, 9.17) is 0 Å². The molecule has 3 heteroatoms. The summed E-state index contributed by atoms with van der Waals surface area (Å²) in [5.74, 6) is 0.266. The predicted molar refractivity (Wildman–Crippen MR) is 44.3 cm³/mol. The number of carbonyl (C=O) groups excluding carboxylic acids is 1. The fourth-order valence-electron chi connectivity index (χ4n) is 1.41. The minimum Gasteiger partial charge on any atom is -0.346 e. The minimum atomic E-state index is 0.266. The van der Waals surface area contributed by atoms with Gasteiger partial charge in [0.15, 0.2) is 0 Å². The molecule has 0 aromatic rings. The van der Waals surface area contributed by atoms with Gasteiger partial charge in [-0.05, 0) is 13.0 Å². The third-order valence-corrected chi connectivity index (χ3v) is 2.15. The highest BCUT2D eigenvalue weighted by atomic mass is 16.2. The van der Waals surface area contributed by atoms with Crippen molar-refractivity contribution in [3.8, 4) is 0 Å². The summed E-state index contributed by atoms with van der Waals surface area (Å²) in [7, 11) is 1.87. The average Bonchev–Trinajstić information content (AvgIpc) is 1.98. The van der Waals surface area contributed by atoms with Crippen LogP contribution in [0.4, 0.5) is 0 Å². The van der Waals surface area contributed by atoms with Gasteiger partial charge in [0, 0.05) is 26.1 Å². The highest BCUT2D eigenvalue weighted by Gasteiger charge is 2.21. The zero-order chi connectivity index (χ0) is 8.27. The van der Waals surface area contributed by atoms with Gasteiger partial charge in [0.1, 0.15) is 0 Å². The molecule has 1 saturated heterocycles. The van der Waals surface area contributed by atoms with Crippen molar-refractivity contribution in [3.05, 3.63) is 0 Å². The first-order chi connectivity index (χ1) is 5.24. The number of amides is 1. The predicted octanol–water partition coefficient (Wildman–Crippen LogP) is 0.217. The zero-order valence-corrected chi connectivity index (χ0v) is 7.26. The summed E-state index contributed by atoms with van der Waals surface area (Å²) in [6.45, 7) is 3.93. The fraction of sp³-hybridized carbons (Fsp3) is 0.875. The lowest BCUT2D eigenvalue weighted by Gasteiger charge is -2.28. The first kappa shape index (κ1) is 8.53. The van der Waals surface area contributed by atoms with E-state index >= 15 is 0 Å². The van der Waals surface area contributed by atoms with Crippen LogP contribution in [0.15, 0.2) is 0 Å². The van der Waals surface area contributed by atoms with Gasteiger partial charge >= 0.3 is 0 Å². The second-order valence-electron chi connectivity index (χ2n) is 3.06. The van der Waals surface area contributed by atoms with E-state index in [1.807, 2.05) is 7.05 Å². The Bertz CT molecular complexity index is 147. The standard InChI is InChI=1S/C8H16N2O/c1-3-9-7-4-5-10(2)8(11)6-7/h7,9H,3-6H2,1-2H3. The van der Waals surface area contributed by atoms with Gasteiger partial charge in [0.25, 0.3) is 0 Å². The van der Waals surface area contributed by atoms with E-state index in [-0.39, 0.29) is 5.91 Å². The lowest BCUT2D eigenvalue weighted by atomic mass is 10.1. The smallest absolute Gasteiger partial charge is 0.223 e. The van der Waals surface area contributed by atoms with Crippen LogP contribution >= 0.6 is 0 Å². The molecule has 0 radical (unpaired) electrons. The maximum absolute atomic E-state index is 11.2. The highest BCUT2D eigenvalue weighted by molar-refractivity contribution is 5.77. The Morgan fingerprint density at radius 2 is 2.45 bits per heavy atom. The molecule has 0 aromatic carbocycles. The molecule has 0 aromatic heterocycles. The molecular weight excluding hydrogens is 140 g/mol. The van der Waals surface area contributed by atoms with Crippen LogP contribution in [-0.4, -0.2) is 37.0 Å². The van der Waals surface area contributed by atoms with Crippen LogP contribution in [0, 0.1) is 0 Å². The molecule has 0 spiro atoms. The molecule has 11 heavy (non-hydrogen) atoms. The molecule has 1 N–H and O–H groups in total. The van der Waals surface area contributed by atoms with Gasteiger partial charge in [-0.3, -0.25) is 4.79 Å². The topological polar surface area (TPSA) is 32.3 Å². The number of piperidine rings is 1. The first-order valence-electron chi connectivity index (χ1n) is 4.21. The third-order valence-electron chi connectivity index (χ3n) is 2.15. The first-order valence-corrected chi connectivity index (χ1v) is 4.21. The number of nitrogens with zero attached hydrogens (tertiary/aromatic N) is 1. The lowest BCUT2D eigenvalue weighted by molar-refractivity contribution is -0.132. The molecule has 1 aliphatic heterocycles. The molecule has 0 saturated carbocycles. The monoisotopic (exact) mass is 156 g/mol. The summed E-state index contributed by atoms with van der Waals surface area (Å²) >= 11 is 0. The van der Waals surface area contributed by atoms with Crippen LogP contribution in [0.5, 0.6) is 0 Å². The van der Waals surface area contributed by atoms with Gasteiger partial charge in [-0.25, -0.2) is 0 Å². The molecule has 1 aliphatic rings. The molecule has 3 nitrogen and oxygen atoms in total. The van der Waals surface area contributed by atoms with Gasteiger partial charge in [-0.1, -0.05) is 6.92 Å². The normalized spacial score (nSPS) is 25.8. The molecule has 1 amide bonds. The quantitative estimate of drug-likeness (QED) is 0.620. The number of carbonyl (C=O) groups is 1. The molecular formula is C8H16N2O. The Morgan fingerprint density at radius 1 is 1.73 bits per heavy atom. The molecule has 0 bridgehead atoms. The van der Waals surface area contributed by atoms with Crippen molar-refractivity contribution < 1.29 is 4.79 Å². The second-order valence-corrected chi connectivity index (χ2v) is 3.06. The van der Waals surface area contributed by atoms with Gasteiger partial charge in [0.2, 0.25) is 5.91 Å². The molecule has 1 atom stereocenters. The van der Waals surface area contributed by atoms with E-state index in [0.717, 1.165) is 19.5 Å². The summed E-state index contributed by atoms with van der Waals surface area (Å²) in [6.07, 6.45) is 1.76. The second kappa shape index (κ2) is 3.72. The summed E-state index contributed by atoms with van der Waals surface area (Å²) < 4.78 is 0. The molecule has 0 aliphatic carbocycles. The molecule has 1 fully saturated rings. The molecule has 1 rings (SSSR count). The van der Waals surface area contributed by atoms with Crippen LogP contribution in [-0.2, 0) is 4.79 Å². The van der Waals surface area contributed by atoms with Crippen molar-refractivity contribution in [1.82, 2.24) is 10.2 Å². The highest BCUT2D eigenvalue weighted by Crippen LogP contribution is 2.08. The fourth-order valence-corrected chi connectivity index (χ4v) is 1.41. The van der Waals surface area contributed by atoms with E-state index in [1.54, 1.807) is 4.90 Å². The molecule has 1 unspecified atom stereocenters. The number of likely N-dealkylation sites (tertiary alicyclic amines) is 1. The Labute approximate surface area is 67.8 Å². The van der Waals surface area contributed by atoms with Gasteiger partial charge in [0.05, 0.1) is 0 Å². The average molecular weight is 156 g/mol. The van der Waals surface area contributed by atoms with E-state index in [1.165, 1.54) is 0 Å². The number of rotatable bonds is 2. The Balaban J connectivity index is 2.34. The molecule has 1 heterocycles. The Kier molecular flexibility index (Phi) is 2.88. The van der Waals surface area contributed by atoms with E-state index in [0.29, 0.717) is 12.5 Å². The van der Waals surface area contributed by atoms with Crippen molar-refractivity contribution in [3.63, 3.8) is 0 Å². The van der Waals surface area contributed by atoms with E-state index in [2.05, 4.69) is 12.2 Å². The van der Waals surface area contributed by atoms with E-state index in [9.17, 15) is 4.79 Å². The van der Waals surface area contributed by atoms with Gasteiger partial charge in [-0.15, -0.1) is 0 Å². The number of nitrogens with one attached hydrogen (secondary N) is 1. The lowest BCUT2D eigenvalue weighted by Crippen LogP contribution is -2.44. The summed E-state index contributed by atoms with van der Waals surface area (Å²) in [5, 5.41) is 3.29. The zero-order valence-electron chi connectivity index (χ0n) is 7.26. The summed E-state index contributed by atoms with van der Waals surface area (Å²) in [4.78, 5) is 13.0. The Hall–Kier alpha value is -0.570. The van der Waals surface area contributed by atoms with Crippen molar-refractivity contribution in [1.29, 1.82) is 0 Å². The van der Waals surface area contributed by atoms with Gasteiger partial charge in [-0.2, -0.15) is 0 Å². The summed E-state index contributed by atoms with van der Waals surface area (Å²) in [5.41, 5.74) is 0. The SMILES string of the molecule is CCNC1CCN(C)C(=O)C1. The van der Waals surface area contributed by atoms with Gasteiger partial charge < -0.3 is 10.2 Å². The van der Waals surface area contributed by atoms with E-state index < -0.39 is 0 Å². The van der Waals surface area contributed by atoms with Crippen molar-refractivity contribution in [2.75, 3.05) is 20.1 Å². The number of hydrogen-bond donors (Lipinski definition) is 1. The van der Waals surface area contributed by atoms with Crippen LogP contribution in [0.3, 0.4) is 0 Å². The third kappa shape index (κ3) is 2.19. The van der Waals surface area contributed by atoms with Crippen LogP contribution in [0.25, 0.3) is 0 Å². The van der Waals surface area contributed by atoms with Crippen LogP contribution in [0.1, 0.15) is 19.8 Å². The minimum absolute atomic E-state index is 0.266.